The molecular formula is C22H31N3O5. The molecule has 8 heteroatoms. The van der Waals surface area contributed by atoms with E-state index >= 15 is 0 Å². The Bertz CT molecular complexity index is 851. The van der Waals surface area contributed by atoms with Gasteiger partial charge in [-0.2, -0.15) is 0 Å². The van der Waals surface area contributed by atoms with E-state index in [2.05, 4.69) is 10.6 Å². The summed E-state index contributed by atoms with van der Waals surface area (Å²) in [5.41, 5.74) is 1.55. The van der Waals surface area contributed by atoms with Gasteiger partial charge in [-0.25, -0.2) is 4.79 Å². The molecule has 30 heavy (non-hydrogen) atoms. The zero-order chi connectivity index (χ0) is 22.6. The molecule has 1 aliphatic rings. The first-order valence-corrected chi connectivity index (χ1v) is 10.1. The fraction of sp³-hybridized carbons (Fsp3) is 0.545. The van der Waals surface area contributed by atoms with Crippen molar-refractivity contribution in [3.8, 4) is 0 Å². The van der Waals surface area contributed by atoms with Crippen molar-refractivity contribution in [3.63, 3.8) is 0 Å². The minimum absolute atomic E-state index is 0.377. The second-order valence-corrected chi connectivity index (χ2v) is 8.53. The highest BCUT2D eigenvalue weighted by Crippen LogP contribution is 2.24. The molecule has 1 saturated heterocycles. The highest BCUT2D eigenvalue weighted by Gasteiger charge is 2.48. The maximum atomic E-state index is 12.7. The van der Waals surface area contributed by atoms with Crippen LogP contribution in [0.1, 0.15) is 51.7 Å². The van der Waals surface area contributed by atoms with E-state index in [0.717, 1.165) is 22.4 Å². The molecule has 0 aliphatic carbocycles. The normalized spacial score (nSPS) is 19.6. The first-order chi connectivity index (χ1) is 13.9. The lowest BCUT2D eigenvalue weighted by atomic mass is 9.92. The highest BCUT2D eigenvalue weighted by molar-refractivity contribution is 6.08. The SMILES string of the molecule is Cc1ccc(NC(=O)[C@@H](C)OC(=O)CN2C(=O)N[C@](C)(CCC(C)C)C2=O)c(C)c1. The molecule has 1 aromatic rings. The summed E-state index contributed by atoms with van der Waals surface area (Å²) in [5.74, 6) is -1.40. The van der Waals surface area contributed by atoms with Crippen molar-refractivity contribution in [1.29, 1.82) is 0 Å². The Hall–Kier alpha value is -2.90. The van der Waals surface area contributed by atoms with Crippen LogP contribution in [0.25, 0.3) is 0 Å². The number of ether oxygens (including phenoxy) is 1. The number of aryl methyl sites for hydroxylation is 2. The van der Waals surface area contributed by atoms with Crippen molar-refractivity contribution in [2.24, 2.45) is 5.92 Å². The van der Waals surface area contributed by atoms with E-state index in [1.165, 1.54) is 6.92 Å². The van der Waals surface area contributed by atoms with Crippen molar-refractivity contribution in [1.82, 2.24) is 10.2 Å². The fourth-order valence-electron chi connectivity index (χ4n) is 3.24. The summed E-state index contributed by atoms with van der Waals surface area (Å²) in [6, 6.07) is 4.95. The number of carbonyl (C=O) groups excluding carboxylic acids is 4. The van der Waals surface area contributed by atoms with E-state index < -0.39 is 42.0 Å². The number of esters is 1. The second-order valence-electron chi connectivity index (χ2n) is 8.53. The Labute approximate surface area is 177 Å². The lowest BCUT2D eigenvalue weighted by Gasteiger charge is -2.22. The molecule has 2 rings (SSSR count). The van der Waals surface area contributed by atoms with Gasteiger partial charge >= 0.3 is 12.0 Å². The molecular weight excluding hydrogens is 386 g/mol. The first-order valence-electron chi connectivity index (χ1n) is 10.1. The summed E-state index contributed by atoms with van der Waals surface area (Å²) in [5, 5.41) is 5.38. The number of imide groups is 1. The molecule has 0 aromatic heterocycles. The third-order valence-corrected chi connectivity index (χ3v) is 5.17. The topological polar surface area (TPSA) is 105 Å². The predicted octanol–water partition coefficient (Wildman–Crippen LogP) is 2.92. The third kappa shape index (κ3) is 5.58. The maximum Gasteiger partial charge on any atom is 0.327 e. The van der Waals surface area contributed by atoms with Gasteiger partial charge in [-0.3, -0.25) is 19.3 Å². The van der Waals surface area contributed by atoms with E-state index in [4.69, 9.17) is 4.74 Å². The number of hydrogen-bond acceptors (Lipinski definition) is 5. The second kappa shape index (κ2) is 9.28. The van der Waals surface area contributed by atoms with Crippen LogP contribution >= 0.6 is 0 Å². The fourth-order valence-corrected chi connectivity index (χ4v) is 3.24. The predicted molar refractivity (Wildman–Crippen MR) is 113 cm³/mol. The minimum Gasteiger partial charge on any atom is -0.451 e. The average Bonchev–Trinajstić information content (AvgIpc) is 2.85. The van der Waals surface area contributed by atoms with Gasteiger partial charge in [-0.05, 0) is 58.1 Å². The molecule has 1 aliphatic heterocycles. The quantitative estimate of drug-likeness (QED) is 0.500. The molecule has 0 spiro atoms. The zero-order valence-electron chi connectivity index (χ0n) is 18.5. The molecule has 2 N–H and O–H groups in total. The van der Waals surface area contributed by atoms with Crippen LogP contribution < -0.4 is 10.6 Å². The maximum absolute atomic E-state index is 12.7. The first kappa shape index (κ1) is 23.4. The van der Waals surface area contributed by atoms with Gasteiger partial charge in [0.2, 0.25) is 0 Å². The van der Waals surface area contributed by atoms with E-state index in [0.29, 0.717) is 18.0 Å². The lowest BCUT2D eigenvalue weighted by Crippen LogP contribution is -2.44. The van der Waals surface area contributed by atoms with Crippen molar-refractivity contribution in [3.05, 3.63) is 29.3 Å². The number of nitrogens with one attached hydrogen (secondary N) is 2. The standard InChI is InChI=1S/C22H31N3O5/c1-13(2)9-10-22(6)20(28)25(21(29)24-22)12-18(26)30-16(5)19(27)23-17-8-7-14(3)11-15(17)4/h7-8,11,13,16H,9-10,12H2,1-6H3,(H,23,27)(H,24,29)/t16-,22-/m1/s1. The molecule has 4 amide bonds. The van der Waals surface area contributed by atoms with Crippen LogP contribution in [-0.2, 0) is 19.1 Å². The Morgan fingerprint density at radius 3 is 2.47 bits per heavy atom. The Morgan fingerprint density at radius 2 is 1.87 bits per heavy atom. The number of benzene rings is 1. The van der Waals surface area contributed by atoms with Crippen molar-refractivity contribution in [2.75, 3.05) is 11.9 Å². The van der Waals surface area contributed by atoms with E-state index in [-0.39, 0.29) is 0 Å². The van der Waals surface area contributed by atoms with Crippen LogP contribution in [0.2, 0.25) is 0 Å². The molecule has 0 bridgehead atoms. The van der Waals surface area contributed by atoms with Gasteiger partial charge in [0.1, 0.15) is 12.1 Å². The van der Waals surface area contributed by atoms with Gasteiger partial charge in [0.15, 0.2) is 6.10 Å². The highest BCUT2D eigenvalue weighted by atomic mass is 16.5. The van der Waals surface area contributed by atoms with E-state index in [1.54, 1.807) is 13.0 Å². The Kier molecular flexibility index (Phi) is 7.23. The van der Waals surface area contributed by atoms with Crippen molar-refractivity contribution in [2.45, 2.75) is 66.0 Å². The number of carbonyl (C=O) groups is 4. The Morgan fingerprint density at radius 1 is 1.20 bits per heavy atom. The van der Waals surface area contributed by atoms with Crippen LogP contribution in [0.5, 0.6) is 0 Å². The summed E-state index contributed by atoms with van der Waals surface area (Å²) in [4.78, 5) is 50.3. The molecule has 0 saturated carbocycles. The van der Waals surface area contributed by atoms with Gasteiger partial charge in [-0.1, -0.05) is 31.5 Å². The largest absolute Gasteiger partial charge is 0.451 e. The number of hydrogen-bond donors (Lipinski definition) is 2. The van der Waals surface area contributed by atoms with Gasteiger partial charge in [-0.15, -0.1) is 0 Å². The number of nitrogens with zero attached hydrogens (tertiary/aromatic N) is 1. The summed E-state index contributed by atoms with van der Waals surface area (Å²) in [6.07, 6.45) is 0.164. The van der Waals surface area contributed by atoms with Gasteiger partial charge in [0.05, 0.1) is 0 Å². The van der Waals surface area contributed by atoms with Gasteiger partial charge in [0, 0.05) is 5.69 Å². The average molecular weight is 418 g/mol. The summed E-state index contributed by atoms with van der Waals surface area (Å²) >= 11 is 0. The summed E-state index contributed by atoms with van der Waals surface area (Å²) in [6.45, 7) is 10.4. The third-order valence-electron chi connectivity index (χ3n) is 5.17. The zero-order valence-corrected chi connectivity index (χ0v) is 18.5. The minimum atomic E-state index is -1.08. The lowest BCUT2D eigenvalue weighted by molar-refractivity contribution is -0.155. The number of amides is 4. The van der Waals surface area contributed by atoms with Gasteiger partial charge < -0.3 is 15.4 Å². The van der Waals surface area contributed by atoms with Crippen LogP contribution in [0.15, 0.2) is 18.2 Å². The van der Waals surface area contributed by atoms with Crippen LogP contribution in [0, 0.1) is 19.8 Å². The van der Waals surface area contributed by atoms with Gasteiger partial charge in [0.25, 0.3) is 11.8 Å². The molecule has 2 atom stereocenters. The molecule has 0 unspecified atom stereocenters. The molecule has 1 heterocycles. The summed E-state index contributed by atoms with van der Waals surface area (Å²) < 4.78 is 5.15. The Balaban J connectivity index is 1.93. The van der Waals surface area contributed by atoms with Crippen LogP contribution in [0.3, 0.4) is 0 Å². The van der Waals surface area contributed by atoms with E-state index in [9.17, 15) is 19.2 Å². The van der Waals surface area contributed by atoms with Crippen molar-refractivity contribution >= 4 is 29.5 Å². The molecule has 164 valence electrons. The van der Waals surface area contributed by atoms with Crippen LogP contribution in [0.4, 0.5) is 10.5 Å². The molecule has 0 radical (unpaired) electrons. The molecule has 1 fully saturated rings. The monoisotopic (exact) mass is 417 g/mol. The molecule has 8 nitrogen and oxygen atoms in total. The number of rotatable bonds is 8. The van der Waals surface area contributed by atoms with E-state index in [1.807, 2.05) is 39.8 Å². The smallest absolute Gasteiger partial charge is 0.327 e. The van der Waals surface area contributed by atoms with Crippen molar-refractivity contribution < 1.29 is 23.9 Å². The van der Waals surface area contributed by atoms with Crippen LogP contribution in [-0.4, -0.2) is 46.9 Å². The number of urea groups is 1. The number of anilines is 1. The summed E-state index contributed by atoms with van der Waals surface area (Å²) in [7, 11) is 0. The molecule has 1 aromatic carbocycles.